The number of aryl methyl sites for hydroxylation is 1. The van der Waals surface area contributed by atoms with Gasteiger partial charge in [0.25, 0.3) is 0 Å². The number of aromatic nitrogens is 1. The van der Waals surface area contributed by atoms with Crippen molar-refractivity contribution >= 4 is 22.7 Å². The molecule has 6 heteroatoms. The minimum atomic E-state index is -0.296. The van der Waals surface area contributed by atoms with Crippen molar-refractivity contribution < 1.29 is 14.0 Å². The molecule has 3 aromatic rings. The summed E-state index contributed by atoms with van der Waals surface area (Å²) in [6, 6.07) is 13.9. The van der Waals surface area contributed by atoms with Gasteiger partial charge in [0.2, 0.25) is 11.8 Å². The van der Waals surface area contributed by atoms with Crippen molar-refractivity contribution in [3.63, 3.8) is 0 Å². The summed E-state index contributed by atoms with van der Waals surface area (Å²) >= 11 is 0. The van der Waals surface area contributed by atoms with Crippen LogP contribution >= 0.6 is 0 Å². The Hall–Kier alpha value is -3.15. The summed E-state index contributed by atoms with van der Waals surface area (Å²) in [4.78, 5) is 26.5. The molecule has 0 spiro atoms. The number of rotatable bonds is 5. The van der Waals surface area contributed by atoms with Crippen LogP contribution in [-0.2, 0) is 29.6 Å². The molecule has 1 atom stereocenters. The van der Waals surface area contributed by atoms with Gasteiger partial charge in [-0.1, -0.05) is 30.3 Å². The number of halogens is 1. The molecule has 1 unspecified atom stereocenters. The number of nitrogens with one attached hydrogen (secondary N) is 1. The third-order valence-corrected chi connectivity index (χ3v) is 5.20. The Kier molecular flexibility index (Phi) is 4.86. The second-order valence-corrected chi connectivity index (χ2v) is 7.33. The van der Waals surface area contributed by atoms with E-state index in [1.54, 1.807) is 17.0 Å². The number of carbonyl (C=O) groups is 2. The number of carbonyl (C=O) groups excluding carboxylic acids is 2. The molecule has 2 aromatic carbocycles. The first-order valence-corrected chi connectivity index (χ1v) is 9.34. The van der Waals surface area contributed by atoms with Gasteiger partial charge in [0.1, 0.15) is 5.82 Å². The second-order valence-electron chi connectivity index (χ2n) is 7.33. The molecule has 144 valence electrons. The highest BCUT2D eigenvalue weighted by Gasteiger charge is 2.30. The molecule has 0 radical (unpaired) electrons. The molecule has 4 rings (SSSR count). The number of likely N-dealkylation sites (tertiary alicyclic amines) is 1. The van der Waals surface area contributed by atoms with Crippen LogP contribution in [0.1, 0.15) is 17.5 Å². The molecule has 2 amide bonds. The van der Waals surface area contributed by atoms with Gasteiger partial charge in [-0.3, -0.25) is 9.59 Å². The lowest BCUT2D eigenvalue weighted by Gasteiger charge is -2.17. The van der Waals surface area contributed by atoms with Crippen molar-refractivity contribution in [2.45, 2.75) is 25.4 Å². The maximum atomic E-state index is 13.0. The number of hydrogen-bond donors (Lipinski definition) is 1. The van der Waals surface area contributed by atoms with Crippen LogP contribution in [0, 0.1) is 5.82 Å². The average Bonchev–Trinajstić information content (AvgIpc) is 3.17. The van der Waals surface area contributed by atoms with Crippen LogP contribution in [0.15, 0.2) is 54.7 Å². The van der Waals surface area contributed by atoms with E-state index >= 15 is 0 Å². The third kappa shape index (κ3) is 3.76. The first-order chi connectivity index (χ1) is 13.5. The quantitative estimate of drug-likeness (QED) is 0.741. The highest BCUT2D eigenvalue weighted by atomic mass is 19.1. The van der Waals surface area contributed by atoms with Crippen LogP contribution in [0.3, 0.4) is 0 Å². The lowest BCUT2D eigenvalue weighted by Crippen LogP contribution is -2.37. The summed E-state index contributed by atoms with van der Waals surface area (Å²) < 4.78 is 15.0. The topological polar surface area (TPSA) is 54.3 Å². The Morgan fingerprint density at radius 3 is 2.71 bits per heavy atom. The van der Waals surface area contributed by atoms with Gasteiger partial charge in [0, 0.05) is 43.7 Å². The smallest absolute Gasteiger partial charge is 0.225 e. The lowest BCUT2D eigenvalue weighted by atomic mass is 10.1. The summed E-state index contributed by atoms with van der Waals surface area (Å²) in [5, 5.41) is 4.06. The van der Waals surface area contributed by atoms with E-state index < -0.39 is 0 Å². The van der Waals surface area contributed by atoms with Crippen LogP contribution in [0.2, 0.25) is 0 Å². The summed E-state index contributed by atoms with van der Waals surface area (Å²) in [5.41, 5.74) is 2.94. The molecule has 0 aliphatic carbocycles. The normalized spacial score (nSPS) is 16.7. The Bertz CT molecular complexity index is 1030. The molecular formula is C22H22FN3O2. The predicted octanol–water partition coefficient (Wildman–Crippen LogP) is 2.78. The van der Waals surface area contributed by atoms with Crippen molar-refractivity contribution in [2.24, 2.45) is 7.05 Å². The largest absolute Gasteiger partial charge is 0.351 e. The van der Waals surface area contributed by atoms with Gasteiger partial charge >= 0.3 is 0 Å². The zero-order valence-corrected chi connectivity index (χ0v) is 15.7. The second kappa shape index (κ2) is 7.46. The number of nitrogens with zero attached hydrogens (tertiary/aromatic N) is 2. The minimum Gasteiger partial charge on any atom is -0.351 e. The highest BCUT2D eigenvalue weighted by Crippen LogP contribution is 2.21. The van der Waals surface area contributed by atoms with Crippen molar-refractivity contribution in [1.29, 1.82) is 0 Å². The summed E-state index contributed by atoms with van der Waals surface area (Å²) in [6.45, 7) is 0.895. The van der Waals surface area contributed by atoms with Crippen molar-refractivity contribution in [3.8, 4) is 0 Å². The van der Waals surface area contributed by atoms with Gasteiger partial charge in [-0.2, -0.15) is 0 Å². The molecule has 2 heterocycles. The van der Waals surface area contributed by atoms with E-state index in [0.29, 0.717) is 19.5 Å². The van der Waals surface area contributed by atoms with E-state index in [-0.39, 0.29) is 30.1 Å². The van der Waals surface area contributed by atoms with E-state index in [9.17, 15) is 14.0 Å². The molecular weight excluding hydrogens is 357 g/mol. The Labute approximate surface area is 162 Å². The van der Waals surface area contributed by atoms with Gasteiger partial charge < -0.3 is 14.8 Å². The monoisotopic (exact) mass is 379 g/mol. The Balaban J connectivity index is 1.37. The fourth-order valence-electron chi connectivity index (χ4n) is 3.85. The molecule has 0 saturated carbocycles. The fraction of sp³-hybridized carbons (Fsp3) is 0.273. The molecule has 1 aliphatic heterocycles. The number of fused-ring (bicyclic) bond motifs is 1. The molecule has 1 saturated heterocycles. The highest BCUT2D eigenvalue weighted by molar-refractivity contribution is 5.90. The van der Waals surface area contributed by atoms with Crippen LogP contribution in [0.5, 0.6) is 0 Å². The summed E-state index contributed by atoms with van der Waals surface area (Å²) in [7, 11) is 1.96. The van der Waals surface area contributed by atoms with E-state index in [0.717, 1.165) is 22.0 Å². The molecule has 1 fully saturated rings. The van der Waals surface area contributed by atoms with E-state index in [1.807, 2.05) is 42.1 Å². The van der Waals surface area contributed by atoms with E-state index in [2.05, 4.69) is 5.32 Å². The van der Waals surface area contributed by atoms with Crippen LogP contribution < -0.4 is 5.32 Å². The van der Waals surface area contributed by atoms with Gasteiger partial charge in [-0.05, 0) is 29.3 Å². The number of hydrogen-bond acceptors (Lipinski definition) is 2. The maximum absolute atomic E-state index is 13.0. The van der Waals surface area contributed by atoms with Gasteiger partial charge in [-0.25, -0.2) is 4.39 Å². The van der Waals surface area contributed by atoms with Crippen LogP contribution in [0.25, 0.3) is 10.9 Å². The van der Waals surface area contributed by atoms with E-state index in [4.69, 9.17) is 0 Å². The zero-order chi connectivity index (χ0) is 19.7. The van der Waals surface area contributed by atoms with Crippen LogP contribution in [0.4, 0.5) is 4.39 Å². The number of benzene rings is 2. The first-order valence-electron chi connectivity index (χ1n) is 9.34. The van der Waals surface area contributed by atoms with Gasteiger partial charge in [0.15, 0.2) is 0 Å². The number of para-hydroxylation sites is 1. The van der Waals surface area contributed by atoms with Gasteiger partial charge in [-0.15, -0.1) is 0 Å². The fourth-order valence-corrected chi connectivity index (χ4v) is 3.85. The number of amides is 2. The van der Waals surface area contributed by atoms with Crippen molar-refractivity contribution in [1.82, 2.24) is 14.8 Å². The molecule has 1 aromatic heterocycles. The lowest BCUT2D eigenvalue weighted by molar-refractivity contribution is -0.128. The third-order valence-electron chi connectivity index (χ3n) is 5.20. The molecule has 28 heavy (non-hydrogen) atoms. The Morgan fingerprint density at radius 1 is 1.18 bits per heavy atom. The Morgan fingerprint density at radius 2 is 1.93 bits per heavy atom. The van der Waals surface area contributed by atoms with Crippen LogP contribution in [-0.4, -0.2) is 33.9 Å². The summed E-state index contributed by atoms with van der Waals surface area (Å²) in [6.07, 6.45) is 2.55. The predicted molar refractivity (Wildman–Crippen MR) is 105 cm³/mol. The molecule has 1 N–H and O–H groups in total. The van der Waals surface area contributed by atoms with Crippen molar-refractivity contribution in [2.75, 3.05) is 6.54 Å². The van der Waals surface area contributed by atoms with E-state index in [1.165, 1.54) is 12.1 Å². The average molecular weight is 379 g/mol. The van der Waals surface area contributed by atoms with Gasteiger partial charge in [0.05, 0.1) is 12.5 Å². The zero-order valence-electron chi connectivity index (χ0n) is 15.7. The molecule has 1 aliphatic rings. The first kappa shape index (κ1) is 18.2. The SMILES string of the molecule is Cn1cc(CC(=O)NC2CC(=O)N(Cc3ccc(F)cc3)C2)c2ccccc21. The summed E-state index contributed by atoms with van der Waals surface area (Å²) in [5.74, 6) is -0.382. The van der Waals surface area contributed by atoms with Crippen molar-refractivity contribution in [3.05, 3.63) is 71.7 Å². The molecule has 0 bridgehead atoms. The minimum absolute atomic E-state index is 0.000198. The maximum Gasteiger partial charge on any atom is 0.225 e. The molecule has 5 nitrogen and oxygen atoms in total. The standard InChI is InChI=1S/C22H22FN3O2/c1-25-13-16(19-4-2-3-5-20(19)25)10-21(27)24-18-11-22(28)26(14-18)12-15-6-8-17(23)9-7-15/h2-9,13,18H,10-12,14H2,1H3,(H,24,27).